The number of pyridine rings is 1. The summed E-state index contributed by atoms with van der Waals surface area (Å²) in [5, 5.41) is 1.46. The number of esters is 1. The van der Waals surface area contributed by atoms with E-state index in [4.69, 9.17) is 9.15 Å². The molecule has 0 spiro atoms. The quantitative estimate of drug-likeness (QED) is 0.128. The van der Waals surface area contributed by atoms with Crippen molar-refractivity contribution in [3.63, 3.8) is 0 Å². The molecule has 8 nitrogen and oxygen atoms in total. The van der Waals surface area contributed by atoms with E-state index in [1.165, 1.54) is 4.90 Å². The Morgan fingerprint density at radius 2 is 1.57 bits per heavy atom. The highest BCUT2D eigenvalue weighted by atomic mass is 16.5. The summed E-state index contributed by atoms with van der Waals surface area (Å²) in [6, 6.07) is 30.0. The van der Waals surface area contributed by atoms with Gasteiger partial charge in [0.1, 0.15) is 5.69 Å². The lowest BCUT2D eigenvalue weighted by Gasteiger charge is -2.10. The summed E-state index contributed by atoms with van der Waals surface area (Å²) in [4.78, 5) is 42.4. The molecule has 210 valence electrons. The van der Waals surface area contributed by atoms with E-state index in [1.54, 1.807) is 38.6 Å². The van der Waals surface area contributed by atoms with Crippen LogP contribution in [0.3, 0.4) is 0 Å². The molecule has 0 atom stereocenters. The van der Waals surface area contributed by atoms with Gasteiger partial charge in [0.05, 0.1) is 28.6 Å². The second-order valence-electron chi connectivity index (χ2n) is 9.78. The van der Waals surface area contributed by atoms with Crippen LogP contribution in [0, 0.1) is 0 Å². The van der Waals surface area contributed by atoms with Crippen LogP contribution < -0.4 is 0 Å². The number of amides is 1. The summed E-state index contributed by atoms with van der Waals surface area (Å²) in [5.41, 5.74) is 4.65. The first-order valence-electron chi connectivity index (χ1n) is 13.3. The maximum Gasteiger partial charge on any atom is 0.339 e. The zero-order valence-electron chi connectivity index (χ0n) is 23.5. The van der Waals surface area contributed by atoms with Crippen molar-refractivity contribution in [2.24, 2.45) is 7.05 Å². The Morgan fingerprint density at radius 1 is 0.905 bits per heavy atom. The largest absolute Gasteiger partial charge is 0.463 e. The van der Waals surface area contributed by atoms with Gasteiger partial charge >= 0.3 is 5.97 Å². The normalized spacial score (nSPS) is 10.6. The number of benzene rings is 3. The van der Waals surface area contributed by atoms with Gasteiger partial charge in [-0.05, 0) is 35.9 Å². The minimum Gasteiger partial charge on any atom is -0.463 e. The Hall–Kier alpha value is -5.50. The summed E-state index contributed by atoms with van der Waals surface area (Å²) in [7, 11) is 5.31. The SMILES string of the molecule is CN(C)C=O.Cn1c(-c2ccccc2)c(C(=O)COC(=O)c2cc(-c3ccco3)nc3ccccc23)c2ccccc21. The molecule has 0 fully saturated rings. The molecule has 1 amide bonds. The predicted molar refractivity (Wildman–Crippen MR) is 162 cm³/mol. The number of ether oxygens (including phenoxy) is 1. The number of aryl methyl sites for hydroxylation is 1. The highest BCUT2D eigenvalue weighted by Crippen LogP contribution is 2.33. The van der Waals surface area contributed by atoms with Crippen LogP contribution in [0.15, 0.2) is 108 Å². The fraction of sp³-hybridized carbons (Fsp3) is 0.118. The summed E-state index contributed by atoms with van der Waals surface area (Å²) in [6.07, 6.45) is 2.30. The van der Waals surface area contributed by atoms with E-state index >= 15 is 0 Å². The molecule has 0 aliphatic rings. The van der Waals surface area contributed by atoms with Gasteiger partial charge in [-0.1, -0.05) is 66.7 Å². The van der Waals surface area contributed by atoms with Crippen LogP contribution in [0.25, 0.3) is 44.5 Å². The first kappa shape index (κ1) is 28.0. The topological polar surface area (TPSA) is 94.6 Å². The van der Waals surface area contributed by atoms with Crippen LogP contribution in [0.5, 0.6) is 0 Å². The molecule has 0 bridgehead atoms. The fourth-order valence-corrected chi connectivity index (χ4v) is 4.79. The average Bonchev–Trinajstić information content (AvgIpc) is 3.67. The Bertz CT molecular complexity index is 1870. The van der Waals surface area contributed by atoms with E-state index in [9.17, 15) is 14.4 Å². The molecule has 0 unspecified atom stereocenters. The molecular formula is C34H29N3O5. The second kappa shape index (κ2) is 12.3. The second-order valence-corrected chi connectivity index (χ2v) is 9.78. The van der Waals surface area contributed by atoms with Gasteiger partial charge in [-0.15, -0.1) is 0 Å². The molecule has 0 N–H and O–H groups in total. The van der Waals surface area contributed by atoms with Crippen LogP contribution in [-0.2, 0) is 16.6 Å². The number of carbonyl (C=O) groups is 3. The number of carbonyl (C=O) groups excluding carboxylic acids is 3. The highest BCUT2D eigenvalue weighted by Gasteiger charge is 2.24. The summed E-state index contributed by atoms with van der Waals surface area (Å²) in [5.74, 6) is -0.325. The minimum atomic E-state index is -0.596. The van der Waals surface area contributed by atoms with Gasteiger partial charge in [0, 0.05) is 37.4 Å². The first-order valence-corrected chi connectivity index (χ1v) is 13.3. The van der Waals surface area contributed by atoms with Crippen molar-refractivity contribution in [1.29, 1.82) is 0 Å². The fourth-order valence-electron chi connectivity index (χ4n) is 4.79. The number of Topliss-reactive ketones (excluding diaryl/α,β-unsaturated/α-hetero) is 1. The number of ketones is 1. The lowest BCUT2D eigenvalue weighted by Crippen LogP contribution is -2.15. The summed E-state index contributed by atoms with van der Waals surface area (Å²) in [6.45, 7) is -0.389. The third kappa shape index (κ3) is 5.69. The van der Waals surface area contributed by atoms with E-state index in [-0.39, 0.29) is 12.4 Å². The molecule has 0 saturated heterocycles. The van der Waals surface area contributed by atoms with Crippen molar-refractivity contribution in [2.75, 3.05) is 20.7 Å². The molecule has 0 aliphatic carbocycles. The van der Waals surface area contributed by atoms with Gasteiger partial charge in [-0.2, -0.15) is 0 Å². The lowest BCUT2D eigenvalue weighted by atomic mass is 10.0. The molecule has 0 aliphatic heterocycles. The van der Waals surface area contributed by atoms with E-state index in [0.717, 1.165) is 28.6 Å². The Kier molecular flexibility index (Phi) is 8.24. The van der Waals surface area contributed by atoms with Crippen molar-refractivity contribution in [2.45, 2.75) is 0 Å². The maximum absolute atomic E-state index is 13.6. The number of nitrogens with zero attached hydrogens (tertiary/aromatic N) is 3. The van der Waals surface area contributed by atoms with Crippen LogP contribution in [0.1, 0.15) is 20.7 Å². The van der Waals surface area contributed by atoms with E-state index < -0.39 is 5.97 Å². The standard InChI is InChI=1S/C31H22N2O4.C3H7NO/c1-33-26-15-8-6-13-22(26)29(30(33)20-10-3-2-4-11-20)27(34)19-37-31(35)23-18-25(28-16-9-17-36-28)32-24-14-7-5-12-21(23)24;1-4(2)3-5/h2-18H,19H2,1H3;3H,1-2H3. The molecule has 3 heterocycles. The number of aromatic nitrogens is 2. The Balaban J connectivity index is 0.000000652. The van der Waals surface area contributed by atoms with E-state index in [2.05, 4.69) is 4.98 Å². The van der Waals surface area contributed by atoms with Crippen molar-refractivity contribution < 1.29 is 23.5 Å². The van der Waals surface area contributed by atoms with Crippen molar-refractivity contribution in [3.05, 3.63) is 114 Å². The molecule has 3 aromatic heterocycles. The molecular weight excluding hydrogens is 530 g/mol. The van der Waals surface area contributed by atoms with Gasteiger partial charge in [-0.25, -0.2) is 9.78 Å². The van der Waals surface area contributed by atoms with Crippen LogP contribution in [0.2, 0.25) is 0 Å². The van der Waals surface area contributed by atoms with Gasteiger partial charge in [-0.3, -0.25) is 9.59 Å². The zero-order chi connectivity index (χ0) is 29.6. The third-order valence-electron chi connectivity index (χ3n) is 6.69. The average molecular weight is 560 g/mol. The number of furan rings is 1. The molecule has 0 saturated carbocycles. The third-order valence-corrected chi connectivity index (χ3v) is 6.69. The number of rotatable bonds is 7. The van der Waals surface area contributed by atoms with Gasteiger partial charge in [0.2, 0.25) is 12.2 Å². The zero-order valence-corrected chi connectivity index (χ0v) is 23.5. The van der Waals surface area contributed by atoms with Crippen molar-refractivity contribution >= 4 is 40.0 Å². The lowest BCUT2D eigenvalue weighted by molar-refractivity contribution is -0.115. The number of hydrogen-bond acceptors (Lipinski definition) is 6. The van der Waals surface area contributed by atoms with Crippen molar-refractivity contribution in [3.8, 4) is 22.7 Å². The molecule has 42 heavy (non-hydrogen) atoms. The number of hydrogen-bond donors (Lipinski definition) is 0. The van der Waals surface area contributed by atoms with Crippen LogP contribution >= 0.6 is 0 Å². The van der Waals surface area contributed by atoms with Gasteiger partial charge < -0.3 is 18.6 Å². The maximum atomic E-state index is 13.6. The highest BCUT2D eigenvalue weighted by molar-refractivity contribution is 6.15. The monoisotopic (exact) mass is 559 g/mol. The molecule has 6 aromatic rings. The molecule has 3 aromatic carbocycles. The summed E-state index contributed by atoms with van der Waals surface area (Å²) >= 11 is 0. The van der Waals surface area contributed by atoms with Crippen molar-refractivity contribution in [1.82, 2.24) is 14.5 Å². The molecule has 6 rings (SSSR count). The Morgan fingerprint density at radius 3 is 2.26 bits per heavy atom. The minimum absolute atomic E-state index is 0.270. The molecule has 8 heteroatoms. The van der Waals surface area contributed by atoms with E-state index in [1.807, 2.05) is 90.5 Å². The predicted octanol–water partition coefficient (Wildman–Crippen LogP) is 6.40. The Labute approximate surface area is 242 Å². The number of para-hydroxylation sites is 2. The smallest absolute Gasteiger partial charge is 0.339 e. The van der Waals surface area contributed by atoms with Gasteiger partial charge in [0.25, 0.3) is 0 Å². The first-order chi connectivity index (χ1) is 20.4. The van der Waals surface area contributed by atoms with Crippen LogP contribution in [0.4, 0.5) is 0 Å². The van der Waals surface area contributed by atoms with Gasteiger partial charge in [0.15, 0.2) is 12.4 Å². The summed E-state index contributed by atoms with van der Waals surface area (Å²) < 4.78 is 13.1. The number of fused-ring (bicyclic) bond motifs is 2. The van der Waals surface area contributed by atoms with E-state index in [0.29, 0.717) is 33.5 Å². The molecule has 0 radical (unpaired) electrons. The van der Waals surface area contributed by atoms with Crippen LogP contribution in [-0.4, -0.2) is 53.3 Å².